The fourth-order valence-electron chi connectivity index (χ4n) is 4.14. The van der Waals surface area contributed by atoms with Gasteiger partial charge in [0.15, 0.2) is 22.8 Å². The zero-order valence-electron chi connectivity index (χ0n) is 21.4. The van der Waals surface area contributed by atoms with Gasteiger partial charge in [-0.25, -0.2) is 19.7 Å². The van der Waals surface area contributed by atoms with E-state index in [1.165, 1.54) is 11.3 Å². The van der Waals surface area contributed by atoms with Crippen molar-refractivity contribution in [1.82, 2.24) is 15.0 Å². The number of carbonyl (C=O) groups excluding carboxylic acids is 2. The lowest BCUT2D eigenvalue weighted by Gasteiger charge is -2.15. The molecule has 6 aromatic rings. The predicted molar refractivity (Wildman–Crippen MR) is 149 cm³/mol. The second-order valence-corrected chi connectivity index (χ2v) is 9.75. The first-order valence-electron chi connectivity index (χ1n) is 12.4. The number of anilines is 1. The largest absolute Gasteiger partial charge is 0.497 e. The number of aromatic nitrogens is 3. The van der Waals surface area contributed by atoms with E-state index >= 15 is 0 Å². The molecule has 0 aliphatic heterocycles. The number of esters is 1. The summed E-state index contributed by atoms with van der Waals surface area (Å²) >= 11 is 1.31. The van der Waals surface area contributed by atoms with E-state index in [9.17, 15) is 9.59 Å². The predicted octanol–water partition coefficient (Wildman–Crippen LogP) is 6.34. The fourth-order valence-corrected chi connectivity index (χ4v) is 5.04. The average molecular weight is 555 g/mol. The topological polar surface area (TPSA) is 130 Å². The number of nitrogens with one attached hydrogen (secondary N) is 1. The highest BCUT2D eigenvalue weighted by Gasteiger charge is 2.24. The molecule has 2 aromatic carbocycles. The van der Waals surface area contributed by atoms with Crippen LogP contribution in [0.5, 0.6) is 5.75 Å². The molecule has 1 amide bonds. The molecule has 40 heavy (non-hydrogen) atoms. The molecule has 6 rings (SSSR count). The number of carbonyl (C=O) groups is 2. The van der Waals surface area contributed by atoms with Crippen LogP contribution in [0.15, 0.2) is 82.0 Å². The van der Waals surface area contributed by atoms with Crippen molar-refractivity contribution in [1.29, 1.82) is 0 Å². The second-order valence-electron chi connectivity index (χ2n) is 8.72. The molecule has 1 N–H and O–H groups in total. The van der Waals surface area contributed by atoms with Gasteiger partial charge >= 0.3 is 5.97 Å². The van der Waals surface area contributed by atoms with Crippen molar-refractivity contribution in [3.05, 3.63) is 78.8 Å². The van der Waals surface area contributed by atoms with Gasteiger partial charge in [0.1, 0.15) is 17.1 Å². The third-order valence-corrected chi connectivity index (χ3v) is 7.08. The number of ether oxygens (including phenoxy) is 2. The van der Waals surface area contributed by atoms with Gasteiger partial charge in [-0.05, 0) is 67.1 Å². The van der Waals surface area contributed by atoms with Crippen LogP contribution in [0.1, 0.15) is 23.7 Å². The zero-order valence-corrected chi connectivity index (χ0v) is 22.2. The Hall–Kier alpha value is -5.03. The molecular weight excluding hydrogens is 532 g/mol. The highest BCUT2D eigenvalue weighted by molar-refractivity contribution is 7.22. The third-order valence-electron chi connectivity index (χ3n) is 6.15. The Morgan fingerprint density at radius 1 is 0.900 bits per heavy atom. The van der Waals surface area contributed by atoms with Crippen LogP contribution in [0.25, 0.3) is 44.2 Å². The minimum Gasteiger partial charge on any atom is -0.497 e. The van der Waals surface area contributed by atoms with Gasteiger partial charge in [0.2, 0.25) is 0 Å². The summed E-state index contributed by atoms with van der Waals surface area (Å²) in [6.45, 7) is 1.76. The maximum absolute atomic E-state index is 13.1. The highest BCUT2D eigenvalue weighted by atomic mass is 32.1. The van der Waals surface area contributed by atoms with E-state index in [4.69, 9.17) is 28.3 Å². The van der Waals surface area contributed by atoms with Crippen LogP contribution in [0, 0.1) is 0 Å². The number of furan rings is 2. The van der Waals surface area contributed by atoms with E-state index in [0.29, 0.717) is 44.8 Å². The summed E-state index contributed by atoms with van der Waals surface area (Å²) in [6, 6.07) is 17.4. The van der Waals surface area contributed by atoms with Gasteiger partial charge in [-0.3, -0.25) is 10.1 Å². The molecule has 0 radical (unpaired) electrons. The normalized spacial score (nSPS) is 11.9. The molecule has 0 aliphatic rings. The molecule has 1 unspecified atom stereocenters. The maximum atomic E-state index is 13.1. The van der Waals surface area contributed by atoms with Crippen LogP contribution < -0.4 is 10.1 Å². The Morgan fingerprint density at radius 3 is 2.25 bits per heavy atom. The molecule has 0 bridgehead atoms. The van der Waals surface area contributed by atoms with Crippen molar-refractivity contribution < 1.29 is 27.9 Å². The van der Waals surface area contributed by atoms with Crippen LogP contribution in [-0.4, -0.2) is 40.0 Å². The van der Waals surface area contributed by atoms with Crippen LogP contribution in [-0.2, 0) is 9.53 Å². The number of methoxy groups -OCH3 is 1. The summed E-state index contributed by atoms with van der Waals surface area (Å²) in [5.41, 5.74) is 2.95. The van der Waals surface area contributed by atoms with E-state index in [-0.39, 0.29) is 12.0 Å². The second kappa shape index (κ2) is 10.6. The molecule has 4 heterocycles. The molecule has 0 aliphatic carbocycles. The van der Waals surface area contributed by atoms with Crippen molar-refractivity contribution in [3.63, 3.8) is 0 Å². The van der Waals surface area contributed by atoms with Gasteiger partial charge in [-0.2, -0.15) is 0 Å². The van der Waals surface area contributed by atoms with Crippen molar-refractivity contribution in [2.45, 2.75) is 19.4 Å². The zero-order chi connectivity index (χ0) is 27.6. The molecule has 11 heteroatoms. The smallest absolute Gasteiger partial charge is 0.338 e. The van der Waals surface area contributed by atoms with Crippen molar-refractivity contribution in [3.8, 4) is 28.7 Å². The van der Waals surface area contributed by atoms with Gasteiger partial charge in [-0.1, -0.05) is 18.3 Å². The number of amides is 1. The lowest BCUT2D eigenvalue weighted by molar-refractivity contribution is -0.124. The molecule has 0 saturated carbocycles. The van der Waals surface area contributed by atoms with Gasteiger partial charge in [0.05, 0.1) is 46.4 Å². The molecule has 200 valence electrons. The summed E-state index contributed by atoms with van der Waals surface area (Å²) < 4.78 is 22.8. The van der Waals surface area contributed by atoms with Gasteiger partial charge < -0.3 is 18.3 Å². The number of rotatable bonds is 8. The van der Waals surface area contributed by atoms with E-state index in [1.807, 2.05) is 12.1 Å². The van der Waals surface area contributed by atoms with Gasteiger partial charge in [0, 0.05) is 0 Å². The van der Waals surface area contributed by atoms with Gasteiger partial charge in [-0.15, -0.1) is 0 Å². The van der Waals surface area contributed by atoms with Gasteiger partial charge in [0.25, 0.3) is 5.91 Å². The summed E-state index contributed by atoms with van der Waals surface area (Å²) in [5.74, 6) is 0.612. The number of hydrogen-bond acceptors (Lipinski definition) is 10. The number of hydrogen-bond donors (Lipinski definition) is 1. The maximum Gasteiger partial charge on any atom is 0.338 e. The van der Waals surface area contributed by atoms with E-state index in [1.54, 1.807) is 75.1 Å². The number of nitrogens with zero attached hydrogens (tertiary/aromatic N) is 3. The summed E-state index contributed by atoms with van der Waals surface area (Å²) in [5, 5.41) is 3.16. The van der Waals surface area contributed by atoms with Crippen molar-refractivity contribution in [2.75, 3.05) is 12.4 Å². The lowest BCUT2D eigenvalue weighted by atomic mass is 10.1. The lowest BCUT2D eigenvalue weighted by Crippen LogP contribution is -2.32. The molecule has 0 fully saturated rings. The van der Waals surface area contributed by atoms with E-state index < -0.39 is 18.0 Å². The van der Waals surface area contributed by atoms with Crippen molar-refractivity contribution >= 4 is 49.6 Å². The Morgan fingerprint density at radius 2 is 1.60 bits per heavy atom. The minimum absolute atomic E-state index is 0.233. The van der Waals surface area contributed by atoms with E-state index in [0.717, 1.165) is 10.2 Å². The summed E-state index contributed by atoms with van der Waals surface area (Å²) in [7, 11) is 1.59. The van der Waals surface area contributed by atoms with Crippen molar-refractivity contribution in [2.24, 2.45) is 0 Å². The molecule has 4 aromatic heterocycles. The number of thiazole rings is 1. The fraction of sp³-hybridized carbons (Fsp3) is 0.138. The first-order chi connectivity index (χ1) is 19.5. The summed E-state index contributed by atoms with van der Waals surface area (Å²) in [6.07, 6.45) is 2.36. The Kier molecular flexibility index (Phi) is 6.71. The third kappa shape index (κ3) is 4.90. The first kappa shape index (κ1) is 25.3. The SMILES string of the molecule is CCC(OC(=O)c1ccc2nc(-c3ccco3)c(-c3ccco3)nc2c1)C(=O)Nc1nc2ccc(OC)cc2s1. The molecule has 0 spiro atoms. The monoisotopic (exact) mass is 554 g/mol. The molecular formula is C29H22N4O6S. The Bertz CT molecular complexity index is 1830. The van der Waals surface area contributed by atoms with Crippen LogP contribution in [0.3, 0.4) is 0 Å². The summed E-state index contributed by atoms with van der Waals surface area (Å²) in [4.78, 5) is 39.9. The minimum atomic E-state index is -1.02. The Labute approximate surface area is 231 Å². The van der Waals surface area contributed by atoms with Crippen LogP contribution >= 0.6 is 11.3 Å². The number of fused-ring (bicyclic) bond motifs is 2. The molecule has 10 nitrogen and oxygen atoms in total. The number of benzene rings is 2. The standard InChI is InChI=1S/C29H22N4O6S/c1-3-21(27(34)33-29-32-19-11-9-17(36-2)15-24(19)40-29)39-28(35)16-8-10-18-20(14-16)31-26(23-7-5-13-38-23)25(30-18)22-6-4-12-37-22/h4-15,21H,3H2,1-2H3,(H,32,33,34). The molecule has 1 atom stereocenters. The van der Waals surface area contributed by atoms with E-state index in [2.05, 4.69) is 10.3 Å². The van der Waals surface area contributed by atoms with Crippen LogP contribution in [0.2, 0.25) is 0 Å². The van der Waals surface area contributed by atoms with Crippen LogP contribution in [0.4, 0.5) is 5.13 Å². The Balaban J connectivity index is 1.23. The quantitative estimate of drug-likeness (QED) is 0.214. The first-order valence-corrected chi connectivity index (χ1v) is 13.2. The highest BCUT2D eigenvalue weighted by Crippen LogP contribution is 2.32. The average Bonchev–Trinajstić information content (AvgIpc) is 3.76. The molecule has 0 saturated heterocycles.